The van der Waals surface area contributed by atoms with Gasteiger partial charge in [0.05, 0.1) is 24.1 Å². The maximum atomic E-state index is 6.19. The predicted molar refractivity (Wildman–Crippen MR) is 112 cm³/mol. The van der Waals surface area contributed by atoms with E-state index in [1.165, 1.54) is 0 Å². The number of aromatic nitrogens is 3. The third kappa shape index (κ3) is 3.45. The molecule has 3 aliphatic heterocycles. The van der Waals surface area contributed by atoms with Crippen molar-refractivity contribution in [1.82, 2.24) is 19.7 Å². The number of likely N-dealkylation sites (tertiary alicyclic amines) is 1. The molecule has 2 fully saturated rings. The van der Waals surface area contributed by atoms with Crippen LogP contribution in [0.4, 0.5) is 5.82 Å². The number of ether oxygens (including phenoxy) is 2. The average Bonchev–Trinajstić information content (AvgIpc) is 3.34. The van der Waals surface area contributed by atoms with Crippen LogP contribution in [0.1, 0.15) is 24.6 Å². The van der Waals surface area contributed by atoms with E-state index in [-0.39, 0.29) is 0 Å². The molecule has 0 amide bonds. The summed E-state index contributed by atoms with van der Waals surface area (Å²) in [6.07, 6.45) is 7.65. The second-order valence-electron chi connectivity index (χ2n) is 8.07. The van der Waals surface area contributed by atoms with E-state index in [4.69, 9.17) is 19.6 Å². The van der Waals surface area contributed by atoms with Crippen molar-refractivity contribution in [3.8, 4) is 5.69 Å². The van der Waals surface area contributed by atoms with Crippen molar-refractivity contribution in [2.24, 2.45) is 0 Å². The highest BCUT2D eigenvalue weighted by Crippen LogP contribution is 2.32. The predicted octanol–water partition coefficient (Wildman–Crippen LogP) is 2.62. The van der Waals surface area contributed by atoms with Gasteiger partial charge in [-0.05, 0) is 32.5 Å². The Labute approximate surface area is 171 Å². The fourth-order valence-electron chi connectivity index (χ4n) is 4.29. The first-order valence-corrected chi connectivity index (χ1v) is 10.2. The summed E-state index contributed by atoms with van der Waals surface area (Å²) in [5.41, 5.74) is 3.90. The lowest BCUT2D eigenvalue weighted by Crippen LogP contribution is -2.51. The van der Waals surface area contributed by atoms with E-state index in [1.807, 2.05) is 30.1 Å². The Morgan fingerprint density at radius 3 is 2.83 bits per heavy atom. The summed E-state index contributed by atoms with van der Waals surface area (Å²) in [7, 11) is 2.13. The molecule has 2 aromatic rings. The largest absolute Gasteiger partial charge is 0.489 e. The molecule has 0 N–H and O–H groups in total. The fraction of sp³-hybridized carbons (Fsp3) is 0.455. The molecule has 0 radical (unpaired) electrons. The SMILES string of the molecule is C=C1OCc2cn(-c3ccc(N4CCC(OC5CN(C)C5)C4)nc3)nc2/C1=C/C. The number of allylic oxidation sites excluding steroid dienone is 2. The molecule has 2 saturated heterocycles. The summed E-state index contributed by atoms with van der Waals surface area (Å²) in [6.45, 7) is 10.4. The molecule has 5 heterocycles. The molecule has 0 saturated carbocycles. The zero-order chi connectivity index (χ0) is 20.0. The minimum atomic E-state index is 0.306. The quantitative estimate of drug-likeness (QED) is 0.796. The van der Waals surface area contributed by atoms with Crippen molar-refractivity contribution in [3.63, 3.8) is 0 Å². The van der Waals surface area contributed by atoms with Gasteiger partial charge in [0.25, 0.3) is 0 Å². The number of rotatable bonds is 4. The van der Waals surface area contributed by atoms with Crippen molar-refractivity contribution in [2.75, 3.05) is 38.1 Å². The Balaban J connectivity index is 1.27. The maximum Gasteiger partial charge on any atom is 0.128 e. The van der Waals surface area contributed by atoms with Crippen LogP contribution in [0.5, 0.6) is 0 Å². The molecular formula is C22H27N5O2. The molecule has 2 aromatic heterocycles. The van der Waals surface area contributed by atoms with E-state index < -0.39 is 0 Å². The standard InChI is InChI=1S/C22H27N5O2/c1-4-20-15(2)28-14-16-10-27(24-22(16)20)17-5-6-21(23-9-17)26-8-7-18(13-26)29-19-11-25(3)12-19/h4-6,9-10,18-19H,2,7-8,11-14H2,1,3H3/b20-4+. The van der Waals surface area contributed by atoms with Crippen molar-refractivity contribution < 1.29 is 9.47 Å². The van der Waals surface area contributed by atoms with Crippen molar-refractivity contribution >= 4 is 11.4 Å². The smallest absolute Gasteiger partial charge is 0.128 e. The highest BCUT2D eigenvalue weighted by Gasteiger charge is 2.31. The maximum absolute atomic E-state index is 6.19. The molecule has 5 rings (SSSR count). The van der Waals surface area contributed by atoms with Crippen molar-refractivity contribution in [2.45, 2.75) is 32.2 Å². The van der Waals surface area contributed by atoms with E-state index in [0.29, 0.717) is 24.6 Å². The Kier molecular flexibility index (Phi) is 4.64. The molecule has 0 aliphatic carbocycles. The second kappa shape index (κ2) is 7.31. The third-order valence-electron chi connectivity index (χ3n) is 5.92. The van der Waals surface area contributed by atoms with Crippen LogP contribution in [0, 0.1) is 0 Å². The van der Waals surface area contributed by atoms with E-state index in [0.717, 1.165) is 60.9 Å². The first-order chi connectivity index (χ1) is 14.1. The molecule has 29 heavy (non-hydrogen) atoms. The summed E-state index contributed by atoms with van der Waals surface area (Å²) in [6, 6.07) is 4.14. The number of fused-ring (bicyclic) bond motifs is 1. The molecule has 0 spiro atoms. The Morgan fingerprint density at radius 1 is 1.24 bits per heavy atom. The number of hydrogen-bond acceptors (Lipinski definition) is 6. The minimum Gasteiger partial charge on any atom is -0.489 e. The second-order valence-corrected chi connectivity index (χ2v) is 8.07. The topological polar surface area (TPSA) is 55.6 Å². The molecule has 0 aromatic carbocycles. The number of likely N-dealkylation sites (N-methyl/N-ethyl adjacent to an activating group) is 1. The van der Waals surface area contributed by atoms with Crippen LogP contribution < -0.4 is 4.90 Å². The zero-order valence-electron chi connectivity index (χ0n) is 17.0. The van der Waals surface area contributed by atoms with E-state index in [9.17, 15) is 0 Å². The highest BCUT2D eigenvalue weighted by atomic mass is 16.5. The van der Waals surface area contributed by atoms with Gasteiger partial charge in [0.2, 0.25) is 0 Å². The van der Waals surface area contributed by atoms with Gasteiger partial charge in [0.1, 0.15) is 23.9 Å². The van der Waals surface area contributed by atoms with Crippen LogP contribution in [-0.2, 0) is 16.1 Å². The van der Waals surface area contributed by atoms with Gasteiger partial charge in [-0.3, -0.25) is 0 Å². The van der Waals surface area contributed by atoms with E-state index in [1.54, 1.807) is 0 Å². The lowest BCUT2D eigenvalue weighted by Gasteiger charge is -2.37. The molecule has 7 nitrogen and oxygen atoms in total. The zero-order valence-corrected chi connectivity index (χ0v) is 17.0. The van der Waals surface area contributed by atoms with Crippen LogP contribution >= 0.6 is 0 Å². The lowest BCUT2D eigenvalue weighted by molar-refractivity contribution is -0.0760. The van der Waals surface area contributed by atoms with Gasteiger partial charge in [-0.1, -0.05) is 12.7 Å². The van der Waals surface area contributed by atoms with Gasteiger partial charge in [-0.15, -0.1) is 0 Å². The summed E-state index contributed by atoms with van der Waals surface area (Å²) < 4.78 is 13.7. The van der Waals surface area contributed by atoms with E-state index in [2.05, 4.69) is 35.6 Å². The minimum absolute atomic E-state index is 0.306. The number of hydrogen-bond donors (Lipinski definition) is 0. The Morgan fingerprint density at radius 2 is 2.10 bits per heavy atom. The number of nitrogens with zero attached hydrogens (tertiary/aromatic N) is 5. The molecule has 0 bridgehead atoms. The number of pyridine rings is 1. The first-order valence-electron chi connectivity index (χ1n) is 10.2. The molecule has 1 atom stereocenters. The van der Waals surface area contributed by atoms with Crippen LogP contribution in [-0.4, -0.2) is 65.1 Å². The monoisotopic (exact) mass is 393 g/mol. The van der Waals surface area contributed by atoms with Crippen LogP contribution in [0.15, 0.2) is 42.9 Å². The Hall–Kier alpha value is -2.64. The molecule has 1 unspecified atom stereocenters. The summed E-state index contributed by atoms with van der Waals surface area (Å²) >= 11 is 0. The van der Waals surface area contributed by atoms with E-state index >= 15 is 0 Å². The Bertz CT molecular complexity index is 943. The van der Waals surface area contributed by atoms with Gasteiger partial charge in [-0.25, -0.2) is 9.67 Å². The van der Waals surface area contributed by atoms with Gasteiger partial charge in [-0.2, -0.15) is 5.10 Å². The van der Waals surface area contributed by atoms with Gasteiger partial charge < -0.3 is 19.3 Å². The van der Waals surface area contributed by atoms with Gasteiger partial charge in [0.15, 0.2) is 0 Å². The first kappa shape index (κ1) is 18.4. The molecule has 7 heteroatoms. The third-order valence-corrected chi connectivity index (χ3v) is 5.92. The van der Waals surface area contributed by atoms with Crippen LogP contribution in [0.2, 0.25) is 0 Å². The van der Waals surface area contributed by atoms with Gasteiger partial charge >= 0.3 is 0 Å². The normalized spacial score (nSPS) is 23.9. The average molecular weight is 393 g/mol. The fourth-order valence-corrected chi connectivity index (χ4v) is 4.29. The summed E-state index contributed by atoms with van der Waals surface area (Å²) in [5, 5.41) is 4.75. The molecular weight excluding hydrogens is 366 g/mol. The highest BCUT2D eigenvalue weighted by molar-refractivity contribution is 5.77. The van der Waals surface area contributed by atoms with Crippen LogP contribution in [0.3, 0.4) is 0 Å². The molecule has 152 valence electrons. The lowest BCUT2D eigenvalue weighted by atomic mass is 10.1. The number of anilines is 1. The summed E-state index contributed by atoms with van der Waals surface area (Å²) in [5.74, 6) is 1.67. The summed E-state index contributed by atoms with van der Waals surface area (Å²) in [4.78, 5) is 9.29. The molecule has 3 aliphatic rings. The van der Waals surface area contributed by atoms with Crippen LogP contribution in [0.25, 0.3) is 11.3 Å². The van der Waals surface area contributed by atoms with Gasteiger partial charge in [0, 0.05) is 43.5 Å². The van der Waals surface area contributed by atoms with Crippen molar-refractivity contribution in [1.29, 1.82) is 0 Å². The van der Waals surface area contributed by atoms with Crippen molar-refractivity contribution in [3.05, 3.63) is 54.2 Å².